The molecule has 2 unspecified atom stereocenters. The molecule has 1 aromatic rings. The summed E-state index contributed by atoms with van der Waals surface area (Å²) in [5.74, 6) is 1.11. The first kappa shape index (κ1) is 13.7. The van der Waals surface area contributed by atoms with E-state index in [1.165, 1.54) is 12.8 Å². The number of sulfonamides is 1. The predicted octanol–water partition coefficient (Wildman–Crippen LogP) is 1.22. The standard InChI is InChI=1S/C10H18N4O2S2/c1-7-3-2-4-8(5-7)6-12-18(15,16)10-14-13-9(11)17-10/h7-8,12H,2-6H2,1H3,(H2,11,13). The molecule has 0 radical (unpaired) electrons. The van der Waals surface area contributed by atoms with Gasteiger partial charge in [-0.2, -0.15) is 0 Å². The highest BCUT2D eigenvalue weighted by Gasteiger charge is 2.23. The van der Waals surface area contributed by atoms with E-state index in [1.54, 1.807) is 0 Å². The monoisotopic (exact) mass is 290 g/mol. The Morgan fingerprint density at radius 3 is 2.83 bits per heavy atom. The number of anilines is 1. The Labute approximate surface area is 111 Å². The molecule has 1 aliphatic carbocycles. The van der Waals surface area contributed by atoms with Crippen molar-refractivity contribution in [3.8, 4) is 0 Å². The van der Waals surface area contributed by atoms with Gasteiger partial charge in [-0.1, -0.05) is 31.1 Å². The minimum atomic E-state index is -3.54. The highest BCUT2D eigenvalue weighted by molar-refractivity contribution is 7.91. The Balaban J connectivity index is 1.93. The van der Waals surface area contributed by atoms with Gasteiger partial charge in [0.05, 0.1) is 0 Å². The lowest BCUT2D eigenvalue weighted by Crippen LogP contribution is -2.31. The maximum Gasteiger partial charge on any atom is 0.269 e. The first-order valence-corrected chi connectivity index (χ1v) is 8.36. The lowest BCUT2D eigenvalue weighted by atomic mass is 9.83. The van der Waals surface area contributed by atoms with Gasteiger partial charge >= 0.3 is 0 Å². The molecule has 102 valence electrons. The Hall–Kier alpha value is -0.730. The number of nitrogens with zero attached hydrogens (tertiary/aromatic N) is 2. The SMILES string of the molecule is CC1CCCC(CNS(=O)(=O)c2nnc(N)s2)C1. The van der Waals surface area contributed by atoms with Gasteiger partial charge in [-0.05, 0) is 24.7 Å². The fraction of sp³-hybridized carbons (Fsp3) is 0.800. The summed E-state index contributed by atoms with van der Waals surface area (Å²) in [4.78, 5) is 0. The van der Waals surface area contributed by atoms with Crippen molar-refractivity contribution in [2.75, 3.05) is 12.3 Å². The smallest absolute Gasteiger partial charge is 0.269 e. The third kappa shape index (κ3) is 3.39. The number of hydrogen-bond donors (Lipinski definition) is 2. The first-order chi connectivity index (χ1) is 8.47. The van der Waals surface area contributed by atoms with Crippen LogP contribution in [0.2, 0.25) is 0 Å². The molecule has 0 aromatic carbocycles. The minimum Gasteiger partial charge on any atom is -0.374 e. The second-order valence-corrected chi connectivity index (χ2v) is 7.85. The molecule has 6 nitrogen and oxygen atoms in total. The molecule has 0 bridgehead atoms. The number of nitrogen functional groups attached to an aromatic ring is 1. The molecule has 1 saturated carbocycles. The van der Waals surface area contributed by atoms with Gasteiger partial charge in [-0.25, -0.2) is 13.1 Å². The Bertz CT molecular complexity index is 500. The van der Waals surface area contributed by atoms with Crippen molar-refractivity contribution < 1.29 is 8.42 Å². The summed E-state index contributed by atoms with van der Waals surface area (Å²) in [6.45, 7) is 2.69. The fourth-order valence-corrected chi connectivity index (χ4v) is 4.30. The van der Waals surface area contributed by atoms with E-state index in [0.29, 0.717) is 18.4 Å². The topological polar surface area (TPSA) is 98.0 Å². The normalized spacial score (nSPS) is 25.2. The first-order valence-electron chi connectivity index (χ1n) is 6.06. The van der Waals surface area contributed by atoms with E-state index in [0.717, 1.165) is 24.2 Å². The van der Waals surface area contributed by atoms with Crippen LogP contribution in [0.1, 0.15) is 32.6 Å². The number of aromatic nitrogens is 2. The van der Waals surface area contributed by atoms with Gasteiger partial charge in [0, 0.05) is 6.54 Å². The number of hydrogen-bond acceptors (Lipinski definition) is 6. The second-order valence-electron chi connectivity index (χ2n) is 4.90. The summed E-state index contributed by atoms with van der Waals surface area (Å²) in [5, 5.41) is 7.24. The molecule has 0 amide bonds. The van der Waals surface area contributed by atoms with E-state index in [-0.39, 0.29) is 9.47 Å². The number of nitrogens with two attached hydrogens (primary N) is 1. The maximum absolute atomic E-state index is 11.9. The van der Waals surface area contributed by atoms with Crippen LogP contribution in [0.5, 0.6) is 0 Å². The fourth-order valence-electron chi connectivity index (χ4n) is 2.36. The third-order valence-electron chi connectivity index (χ3n) is 3.26. The molecule has 0 spiro atoms. The van der Waals surface area contributed by atoms with Crippen LogP contribution in [0.15, 0.2) is 4.34 Å². The quantitative estimate of drug-likeness (QED) is 0.869. The number of rotatable bonds is 4. The summed E-state index contributed by atoms with van der Waals surface area (Å²) in [6.07, 6.45) is 4.60. The zero-order valence-corrected chi connectivity index (χ0v) is 11.9. The molecule has 0 aliphatic heterocycles. The van der Waals surface area contributed by atoms with Crippen LogP contribution < -0.4 is 10.5 Å². The molecule has 1 fully saturated rings. The molecule has 1 heterocycles. The van der Waals surface area contributed by atoms with E-state index >= 15 is 0 Å². The van der Waals surface area contributed by atoms with Crippen molar-refractivity contribution in [2.45, 2.75) is 36.9 Å². The molecular formula is C10H18N4O2S2. The van der Waals surface area contributed by atoms with Crippen LogP contribution in [-0.2, 0) is 10.0 Å². The molecule has 1 aliphatic rings. The van der Waals surface area contributed by atoms with Crippen LogP contribution in [-0.4, -0.2) is 25.2 Å². The van der Waals surface area contributed by atoms with Crippen LogP contribution in [0.25, 0.3) is 0 Å². The lowest BCUT2D eigenvalue weighted by Gasteiger charge is -2.26. The van der Waals surface area contributed by atoms with E-state index in [1.807, 2.05) is 0 Å². The van der Waals surface area contributed by atoms with Crippen LogP contribution >= 0.6 is 11.3 Å². The molecule has 2 rings (SSSR count). The van der Waals surface area contributed by atoms with E-state index < -0.39 is 10.0 Å². The van der Waals surface area contributed by atoms with Crippen molar-refractivity contribution in [3.05, 3.63) is 0 Å². The van der Waals surface area contributed by atoms with E-state index in [2.05, 4.69) is 21.8 Å². The lowest BCUT2D eigenvalue weighted by molar-refractivity contribution is 0.283. The van der Waals surface area contributed by atoms with E-state index in [4.69, 9.17) is 5.73 Å². The van der Waals surface area contributed by atoms with Gasteiger partial charge in [-0.15, -0.1) is 10.2 Å². The summed E-state index contributed by atoms with van der Waals surface area (Å²) in [5.41, 5.74) is 5.39. The van der Waals surface area contributed by atoms with Gasteiger partial charge in [0.1, 0.15) is 0 Å². The highest BCUT2D eigenvalue weighted by atomic mass is 32.2. The van der Waals surface area contributed by atoms with Crippen LogP contribution in [0, 0.1) is 11.8 Å². The average molecular weight is 290 g/mol. The average Bonchev–Trinajstić information content (AvgIpc) is 2.74. The minimum absolute atomic E-state index is 0.0520. The zero-order chi connectivity index (χ0) is 13.2. The maximum atomic E-state index is 11.9. The van der Waals surface area contributed by atoms with Gasteiger partial charge in [0.25, 0.3) is 10.0 Å². The Morgan fingerprint density at radius 2 is 2.22 bits per heavy atom. The van der Waals surface area contributed by atoms with Crippen LogP contribution in [0.3, 0.4) is 0 Å². The van der Waals surface area contributed by atoms with Crippen molar-refractivity contribution in [1.82, 2.24) is 14.9 Å². The summed E-state index contributed by atoms with van der Waals surface area (Å²) >= 11 is 0.887. The van der Waals surface area contributed by atoms with Crippen molar-refractivity contribution in [2.24, 2.45) is 11.8 Å². The summed E-state index contributed by atoms with van der Waals surface area (Å²) < 4.78 is 26.4. The Morgan fingerprint density at radius 1 is 1.44 bits per heavy atom. The van der Waals surface area contributed by atoms with Gasteiger partial charge in [-0.3, -0.25) is 0 Å². The number of nitrogens with one attached hydrogen (secondary N) is 1. The van der Waals surface area contributed by atoms with Gasteiger partial charge in [0.15, 0.2) is 0 Å². The Kier molecular flexibility index (Phi) is 4.18. The molecule has 18 heavy (non-hydrogen) atoms. The largest absolute Gasteiger partial charge is 0.374 e. The summed E-state index contributed by atoms with van der Waals surface area (Å²) in [6, 6.07) is 0. The molecule has 3 N–H and O–H groups in total. The molecule has 2 atom stereocenters. The van der Waals surface area contributed by atoms with Crippen molar-refractivity contribution in [3.63, 3.8) is 0 Å². The molecule has 0 saturated heterocycles. The van der Waals surface area contributed by atoms with E-state index in [9.17, 15) is 8.42 Å². The van der Waals surface area contributed by atoms with Gasteiger partial charge < -0.3 is 5.73 Å². The highest BCUT2D eigenvalue weighted by Crippen LogP contribution is 2.28. The molecule has 8 heteroatoms. The van der Waals surface area contributed by atoms with Crippen molar-refractivity contribution in [1.29, 1.82) is 0 Å². The predicted molar refractivity (Wildman–Crippen MR) is 70.6 cm³/mol. The van der Waals surface area contributed by atoms with Gasteiger partial charge in [0.2, 0.25) is 9.47 Å². The molecular weight excluding hydrogens is 272 g/mol. The molecule has 1 aromatic heterocycles. The van der Waals surface area contributed by atoms with Crippen LogP contribution in [0.4, 0.5) is 5.13 Å². The zero-order valence-electron chi connectivity index (χ0n) is 10.3. The summed E-state index contributed by atoms with van der Waals surface area (Å²) in [7, 11) is -3.54. The second kappa shape index (κ2) is 5.50. The third-order valence-corrected chi connectivity index (χ3v) is 5.80. The van der Waals surface area contributed by atoms with Crippen molar-refractivity contribution >= 4 is 26.5 Å².